The van der Waals surface area contributed by atoms with Crippen molar-refractivity contribution in [3.05, 3.63) is 48.0 Å². The first-order valence-corrected chi connectivity index (χ1v) is 9.80. The maximum atomic E-state index is 13.1. The van der Waals surface area contributed by atoms with Crippen LogP contribution in [0.3, 0.4) is 0 Å². The highest BCUT2D eigenvalue weighted by molar-refractivity contribution is 6.06. The average molecular weight is 447 g/mol. The molecule has 0 spiro atoms. The molecule has 0 saturated carbocycles. The van der Waals surface area contributed by atoms with Crippen LogP contribution >= 0.6 is 0 Å². The monoisotopic (exact) mass is 447 g/mol. The molecule has 1 atom stereocenters. The number of para-hydroxylation sites is 2. The molecule has 0 saturated heterocycles. The predicted octanol–water partition coefficient (Wildman–Crippen LogP) is 3.13. The van der Waals surface area contributed by atoms with Crippen molar-refractivity contribution in [1.82, 2.24) is 4.90 Å². The predicted molar refractivity (Wildman–Crippen MR) is 113 cm³/mol. The van der Waals surface area contributed by atoms with Gasteiger partial charge in [-0.2, -0.15) is 8.78 Å². The maximum Gasteiger partial charge on any atom is 0.387 e. The summed E-state index contributed by atoms with van der Waals surface area (Å²) >= 11 is 0. The number of rotatable bonds is 6. The molecule has 0 fully saturated rings. The summed E-state index contributed by atoms with van der Waals surface area (Å²) in [4.78, 5) is 40.8. The molecule has 8 nitrogen and oxygen atoms in total. The first kappa shape index (κ1) is 23.0. The normalized spacial score (nSPS) is 15.5. The number of hydrogen-bond donors (Lipinski definition) is 1. The molecular weight excluding hydrogens is 424 g/mol. The molecule has 0 bridgehead atoms. The number of methoxy groups -OCH3 is 1. The zero-order valence-electron chi connectivity index (χ0n) is 17.8. The number of ether oxygens (including phenoxy) is 2. The van der Waals surface area contributed by atoms with Gasteiger partial charge in [-0.3, -0.25) is 14.4 Å². The van der Waals surface area contributed by atoms with E-state index in [1.165, 1.54) is 42.2 Å². The number of carbonyl (C=O) groups is 3. The number of nitrogens with one attached hydrogen (secondary N) is 1. The van der Waals surface area contributed by atoms with Crippen LogP contribution < -0.4 is 19.7 Å². The molecule has 0 radical (unpaired) electrons. The van der Waals surface area contributed by atoms with Crippen LogP contribution in [-0.2, 0) is 9.59 Å². The van der Waals surface area contributed by atoms with Gasteiger partial charge in [-0.1, -0.05) is 12.1 Å². The van der Waals surface area contributed by atoms with Crippen molar-refractivity contribution in [3.8, 4) is 11.5 Å². The lowest BCUT2D eigenvalue weighted by atomic mass is 10.1. The molecule has 170 valence electrons. The lowest BCUT2D eigenvalue weighted by molar-refractivity contribution is -0.119. The summed E-state index contributed by atoms with van der Waals surface area (Å²) < 4.78 is 34.4. The van der Waals surface area contributed by atoms with Crippen molar-refractivity contribution in [3.63, 3.8) is 0 Å². The largest absolute Gasteiger partial charge is 0.493 e. The van der Waals surface area contributed by atoms with Gasteiger partial charge in [0.1, 0.15) is 6.54 Å². The van der Waals surface area contributed by atoms with Gasteiger partial charge in [-0.05, 0) is 37.3 Å². The average Bonchev–Trinajstić information content (AvgIpc) is 2.87. The van der Waals surface area contributed by atoms with Crippen molar-refractivity contribution in [2.75, 3.05) is 30.9 Å². The Morgan fingerprint density at radius 2 is 1.94 bits per heavy atom. The van der Waals surface area contributed by atoms with E-state index in [1.54, 1.807) is 31.2 Å². The number of anilines is 2. The molecule has 0 unspecified atom stereocenters. The van der Waals surface area contributed by atoms with Gasteiger partial charge in [0.2, 0.25) is 11.8 Å². The molecule has 3 rings (SSSR count). The molecule has 0 aliphatic carbocycles. The Balaban J connectivity index is 1.79. The van der Waals surface area contributed by atoms with Crippen LogP contribution in [0.4, 0.5) is 20.2 Å². The standard InChI is InChI=1S/C22H23F2N3O5/c1-13-10-19(28)25-15-6-4-5-7-16(15)27(13)20(29)12-26(2)21(30)14-8-9-17(32-22(23)24)18(11-14)31-3/h4-9,11,13,22H,10,12H2,1-3H3,(H,25,28)/t13-/m1/s1. The number of likely N-dealkylation sites (N-methyl/N-ethyl adjacent to an activating group) is 1. The number of carbonyl (C=O) groups excluding carboxylic acids is 3. The summed E-state index contributed by atoms with van der Waals surface area (Å²) in [5, 5.41) is 2.78. The zero-order chi connectivity index (χ0) is 23.4. The SMILES string of the molecule is COc1cc(C(=O)N(C)CC(=O)N2c3ccccc3NC(=O)C[C@H]2C)ccc1OC(F)F. The minimum absolute atomic E-state index is 0.0319. The highest BCUT2D eigenvalue weighted by Gasteiger charge is 2.30. The zero-order valence-corrected chi connectivity index (χ0v) is 17.8. The van der Waals surface area contributed by atoms with Gasteiger partial charge >= 0.3 is 6.61 Å². The van der Waals surface area contributed by atoms with E-state index in [2.05, 4.69) is 10.1 Å². The summed E-state index contributed by atoms with van der Waals surface area (Å²) in [6, 6.07) is 10.3. The number of amides is 3. The Hall–Kier alpha value is -3.69. The number of alkyl halides is 2. The summed E-state index contributed by atoms with van der Waals surface area (Å²) in [6.07, 6.45) is 0.112. The molecule has 2 aromatic carbocycles. The van der Waals surface area contributed by atoms with Gasteiger partial charge in [0.25, 0.3) is 5.91 Å². The van der Waals surface area contributed by atoms with Gasteiger partial charge in [0.05, 0.1) is 18.5 Å². The van der Waals surface area contributed by atoms with E-state index in [9.17, 15) is 23.2 Å². The molecule has 3 amide bonds. The number of benzene rings is 2. The second-order valence-corrected chi connectivity index (χ2v) is 7.29. The van der Waals surface area contributed by atoms with Crippen LogP contribution in [0.5, 0.6) is 11.5 Å². The van der Waals surface area contributed by atoms with Crippen molar-refractivity contribution in [1.29, 1.82) is 0 Å². The number of fused-ring (bicyclic) bond motifs is 1. The smallest absolute Gasteiger partial charge is 0.387 e. The Bertz CT molecular complexity index is 1030. The molecule has 10 heteroatoms. The Labute approximate surface area is 183 Å². The fraction of sp³-hybridized carbons (Fsp3) is 0.318. The quantitative estimate of drug-likeness (QED) is 0.735. The van der Waals surface area contributed by atoms with Crippen LogP contribution in [0.25, 0.3) is 0 Å². The van der Waals surface area contributed by atoms with Crippen LogP contribution in [0, 0.1) is 0 Å². The summed E-state index contributed by atoms with van der Waals surface area (Å²) in [7, 11) is 2.72. The Morgan fingerprint density at radius 3 is 2.62 bits per heavy atom. The Kier molecular flexibility index (Phi) is 6.92. The first-order valence-electron chi connectivity index (χ1n) is 9.80. The third-order valence-corrected chi connectivity index (χ3v) is 4.97. The highest BCUT2D eigenvalue weighted by atomic mass is 19.3. The van der Waals surface area contributed by atoms with Crippen molar-refractivity contribution in [2.45, 2.75) is 26.0 Å². The minimum atomic E-state index is -3.04. The second-order valence-electron chi connectivity index (χ2n) is 7.29. The second kappa shape index (κ2) is 9.63. The fourth-order valence-corrected chi connectivity index (χ4v) is 3.53. The molecule has 1 aliphatic rings. The highest BCUT2D eigenvalue weighted by Crippen LogP contribution is 2.32. The third-order valence-electron chi connectivity index (χ3n) is 4.97. The van der Waals surface area contributed by atoms with E-state index in [4.69, 9.17) is 4.74 Å². The molecule has 32 heavy (non-hydrogen) atoms. The van der Waals surface area contributed by atoms with E-state index in [0.29, 0.717) is 11.4 Å². The topological polar surface area (TPSA) is 88.2 Å². The van der Waals surface area contributed by atoms with Gasteiger partial charge in [-0.15, -0.1) is 0 Å². The first-order chi connectivity index (χ1) is 15.2. The molecule has 1 aliphatic heterocycles. The molecule has 0 aromatic heterocycles. The van der Waals surface area contributed by atoms with E-state index in [0.717, 1.165) is 0 Å². The lowest BCUT2D eigenvalue weighted by Gasteiger charge is -2.29. The Morgan fingerprint density at radius 1 is 1.22 bits per heavy atom. The van der Waals surface area contributed by atoms with Crippen LogP contribution in [0.2, 0.25) is 0 Å². The van der Waals surface area contributed by atoms with Crippen LogP contribution in [0.1, 0.15) is 23.7 Å². The molecule has 1 N–H and O–H groups in total. The number of hydrogen-bond acceptors (Lipinski definition) is 5. The molecule has 1 heterocycles. The fourth-order valence-electron chi connectivity index (χ4n) is 3.53. The molecular formula is C22H23F2N3O5. The van der Waals surface area contributed by atoms with Crippen LogP contribution in [-0.4, -0.2) is 56.0 Å². The maximum absolute atomic E-state index is 13.1. The van der Waals surface area contributed by atoms with Crippen molar-refractivity contribution >= 4 is 29.1 Å². The summed E-state index contributed by atoms with van der Waals surface area (Å²) in [5.41, 5.74) is 1.20. The molecule has 2 aromatic rings. The van der Waals surface area contributed by atoms with E-state index in [1.807, 2.05) is 0 Å². The van der Waals surface area contributed by atoms with E-state index < -0.39 is 18.6 Å². The number of halogens is 2. The van der Waals surface area contributed by atoms with Gasteiger partial charge in [-0.25, -0.2) is 0 Å². The van der Waals surface area contributed by atoms with E-state index in [-0.39, 0.29) is 41.8 Å². The van der Waals surface area contributed by atoms with Gasteiger partial charge in [0, 0.05) is 25.1 Å². The van der Waals surface area contributed by atoms with Crippen molar-refractivity contribution < 1.29 is 32.6 Å². The minimum Gasteiger partial charge on any atom is -0.493 e. The van der Waals surface area contributed by atoms with Crippen molar-refractivity contribution in [2.24, 2.45) is 0 Å². The number of nitrogens with zero attached hydrogens (tertiary/aromatic N) is 2. The van der Waals surface area contributed by atoms with Gasteiger partial charge < -0.3 is 24.6 Å². The summed E-state index contributed by atoms with van der Waals surface area (Å²) in [5.74, 6) is -1.32. The third kappa shape index (κ3) is 4.96. The van der Waals surface area contributed by atoms with Gasteiger partial charge in [0.15, 0.2) is 11.5 Å². The summed E-state index contributed by atoms with van der Waals surface area (Å²) in [6.45, 7) is -1.54. The lowest BCUT2D eigenvalue weighted by Crippen LogP contribution is -2.45. The van der Waals surface area contributed by atoms with Crippen LogP contribution in [0.15, 0.2) is 42.5 Å². The van der Waals surface area contributed by atoms with E-state index >= 15 is 0 Å².